The summed E-state index contributed by atoms with van der Waals surface area (Å²) >= 11 is 0. The maximum atomic E-state index is 6.08. The Morgan fingerprint density at radius 1 is 1.32 bits per heavy atom. The molecule has 0 bridgehead atoms. The van der Waals surface area contributed by atoms with Crippen molar-refractivity contribution < 1.29 is 4.74 Å². The number of aryl methyl sites for hydroxylation is 1. The zero-order valence-electron chi connectivity index (χ0n) is 17.2. The average Bonchev–Trinajstić information content (AvgIpc) is 3.26. The molecule has 1 spiro atoms. The first-order valence-electron chi connectivity index (χ1n) is 11.1. The molecule has 2 aliphatic heterocycles. The molecule has 4 aliphatic rings. The summed E-state index contributed by atoms with van der Waals surface area (Å²) in [6, 6.07) is 0.948. The Kier molecular flexibility index (Phi) is 4.73. The highest BCUT2D eigenvalue weighted by Crippen LogP contribution is 2.62. The summed E-state index contributed by atoms with van der Waals surface area (Å²) in [6.07, 6.45) is 12.1. The second-order valence-electron chi connectivity index (χ2n) is 9.08. The first-order valence-corrected chi connectivity index (χ1v) is 11.1. The molecule has 4 unspecified atom stereocenters. The number of hydrogen-bond acceptors (Lipinski definition) is 4. The predicted octanol–water partition coefficient (Wildman–Crippen LogP) is 1.90. The highest BCUT2D eigenvalue weighted by atomic mass is 16.5. The predicted molar refractivity (Wildman–Crippen MR) is 111 cm³/mol. The fraction of sp³-hybridized carbons (Fsp3) is 0.810. The molecule has 2 aliphatic carbocycles. The number of anilines is 1. The maximum absolute atomic E-state index is 6.08. The van der Waals surface area contributed by atoms with Crippen molar-refractivity contribution in [3.63, 3.8) is 0 Å². The average molecular weight is 387 g/mol. The van der Waals surface area contributed by atoms with Gasteiger partial charge in [0.1, 0.15) is 0 Å². The van der Waals surface area contributed by atoms with Crippen molar-refractivity contribution in [2.45, 2.75) is 63.6 Å². The van der Waals surface area contributed by atoms with E-state index < -0.39 is 0 Å². The normalized spacial score (nSPS) is 33.9. The zero-order chi connectivity index (χ0) is 19.1. The van der Waals surface area contributed by atoms with E-state index in [1.807, 2.05) is 17.9 Å². The van der Waals surface area contributed by atoms with Crippen LogP contribution in [0.4, 0.5) is 5.69 Å². The summed E-state index contributed by atoms with van der Waals surface area (Å²) in [6.45, 7) is 5.96. The first kappa shape index (κ1) is 18.3. The fourth-order valence-electron chi connectivity index (χ4n) is 5.99. The van der Waals surface area contributed by atoms with Gasteiger partial charge in [-0.15, -0.1) is 0 Å². The van der Waals surface area contributed by atoms with Crippen LogP contribution in [-0.2, 0) is 11.8 Å². The van der Waals surface area contributed by atoms with Crippen LogP contribution in [0.2, 0.25) is 0 Å². The van der Waals surface area contributed by atoms with Gasteiger partial charge in [-0.25, -0.2) is 0 Å². The van der Waals surface area contributed by atoms with Crippen molar-refractivity contribution in [1.29, 1.82) is 0 Å². The van der Waals surface area contributed by atoms with Gasteiger partial charge in [0, 0.05) is 62.9 Å². The van der Waals surface area contributed by atoms with E-state index in [9.17, 15) is 0 Å². The number of nitrogens with one attached hydrogen (secondary N) is 2. The summed E-state index contributed by atoms with van der Waals surface area (Å²) in [5.41, 5.74) is 1.60. The van der Waals surface area contributed by atoms with E-state index in [4.69, 9.17) is 9.73 Å². The van der Waals surface area contributed by atoms with Crippen LogP contribution in [0, 0.1) is 11.3 Å². The number of nitrogens with zero attached hydrogens (tertiary/aromatic N) is 4. The second kappa shape index (κ2) is 7.25. The van der Waals surface area contributed by atoms with Crippen molar-refractivity contribution in [3.05, 3.63) is 12.4 Å². The number of guanidine groups is 1. The van der Waals surface area contributed by atoms with Crippen LogP contribution in [0.5, 0.6) is 0 Å². The SMILES string of the molecule is CCN=C(NC1CCCN(c2cnn(C)c2)C1)NC1C2CCOC2C12CCC2. The summed E-state index contributed by atoms with van der Waals surface area (Å²) in [7, 11) is 1.98. The Balaban J connectivity index is 1.24. The third-order valence-electron chi connectivity index (χ3n) is 7.46. The van der Waals surface area contributed by atoms with E-state index >= 15 is 0 Å². The molecule has 0 amide bonds. The molecule has 4 atom stereocenters. The summed E-state index contributed by atoms with van der Waals surface area (Å²) in [5, 5.41) is 11.9. The summed E-state index contributed by atoms with van der Waals surface area (Å²) in [5.74, 6) is 1.67. The van der Waals surface area contributed by atoms with Crippen molar-refractivity contribution in [2.24, 2.45) is 23.4 Å². The highest BCUT2D eigenvalue weighted by Gasteiger charge is 2.66. The van der Waals surface area contributed by atoms with Crippen molar-refractivity contribution in [1.82, 2.24) is 20.4 Å². The van der Waals surface area contributed by atoms with Gasteiger partial charge >= 0.3 is 0 Å². The van der Waals surface area contributed by atoms with Gasteiger partial charge in [0.15, 0.2) is 5.96 Å². The van der Waals surface area contributed by atoms with Gasteiger partial charge in [0.25, 0.3) is 0 Å². The van der Waals surface area contributed by atoms with Crippen LogP contribution >= 0.6 is 0 Å². The lowest BCUT2D eigenvalue weighted by molar-refractivity contribution is -0.171. The Bertz CT molecular complexity index is 726. The summed E-state index contributed by atoms with van der Waals surface area (Å²) in [4.78, 5) is 7.24. The number of ether oxygens (including phenoxy) is 1. The van der Waals surface area contributed by atoms with Crippen LogP contribution in [0.1, 0.15) is 45.4 Å². The molecule has 7 heteroatoms. The van der Waals surface area contributed by atoms with E-state index in [1.165, 1.54) is 44.2 Å². The molecule has 5 rings (SSSR count). The van der Waals surface area contributed by atoms with Crippen LogP contribution in [0.3, 0.4) is 0 Å². The molecule has 28 heavy (non-hydrogen) atoms. The minimum absolute atomic E-state index is 0.381. The molecule has 2 saturated heterocycles. The van der Waals surface area contributed by atoms with Crippen LogP contribution < -0.4 is 15.5 Å². The van der Waals surface area contributed by atoms with Gasteiger partial charge in [0.05, 0.1) is 18.0 Å². The zero-order valence-corrected chi connectivity index (χ0v) is 17.2. The third kappa shape index (κ3) is 2.98. The third-order valence-corrected chi connectivity index (χ3v) is 7.46. The van der Waals surface area contributed by atoms with Gasteiger partial charge in [-0.2, -0.15) is 5.10 Å². The van der Waals surface area contributed by atoms with Crippen LogP contribution in [-0.4, -0.2) is 60.2 Å². The number of aliphatic imine (C=N–C) groups is 1. The van der Waals surface area contributed by atoms with E-state index in [0.717, 1.165) is 32.2 Å². The minimum atomic E-state index is 0.381. The first-order chi connectivity index (χ1) is 13.7. The van der Waals surface area contributed by atoms with E-state index in [2.05, 4.69) is 33.8 Å². The summed E-state index contributed by atoms with van der Waals surface area (Å²) < 4.78 is 7.96. The number of fused-ring (bicyclic) bond motifs is 2. The van der Waals surface area contributed by atoms with Gasteiger partial charge in [-0.1, -0.05) is 6.42 Å². The Morgan fingerprint density at radius 3 is 2.93 bits per heavy atom. The smallest absolute Gasteiger partial charge is 0.191 e. The Labute approximate surface area is 167 Å². The van der Waals surface area contributed by atoms with E-state index in [-0.39, 0.29) is 0 Å². The Hall–Kier alpha value is -1.76. The standard InChI is InChI=1S/C21H34N6O/c1-3-22-20(25-18-17-7-11-28-19(17)21(18)8-5-9-21)24-15-6-4-10-27(13-15)16-12-23-26(2)14-16/h12,14-15,17-19H,3-11,13H2,1-2H3,(H2,22,24,25). The second-order valence-corrected chi connectivity index (χ2v) is 9.08. The highest BCUT2D eigenvalue weighted by molar-refractivity contribution is 5.81. The molecule has 1 aromatic heterocycles. The fourth-order valence-corrected chi connectivity index (χ4v) is 5.99. The molecule has 154 valence electrons. The molecule has 2 N–H and O–H groups in total. The van der Waals surface area contributed by atoms with E-state index in [1.54, 1.807) is 0 Å². The van der Waals surface area contributed by atoms with Gasteiger partial charge in [-0.3, -0.25) is 9.67 Å². The molecule has 0 radical (unpaired) electrons. The lowest BCUT2D eigenvalue weighted by Crippen LogP contribution is -2.73. The molecule has 2 saturated carbocycles. The number of aromatic nitrogens is 2. The van der Waals surface area contributed by atoms with Crippen molar-refractivity contribution >= 4 is 11.6 Å². The van der Waals surface area contributed by atoms with Crippen molar-refractivity contribution in [2.75, 3.05) is 31.1 Å². The number of piperidine rings is 1. The number of rotatable bonds is 4. The van der Waals surface area contributed by atoms with Gasteiger partial charge in [-0.05, 0) is 39.0 Å². The quantitative estimate of drug-likeness (QED) is 0.611. The van der Waals surface area contributed by atoms with Crippen LogP contribution in [0.15, 0.2) is 17.4 Å². The topological polar surface area (TPSA) is 66.7 Å². The minimum Gasteiger partial charge on any atom is -0.377 e. The number of hydrogen-bond donors (Lipinski definition) is 2. The molecular formula is C21H34N6O. The van der Waals surface area contributed by atoms with Crippen molar-refractivity contribution in [3.8, 4) is 0 Å². The molecular weight excluding hydrogens is 352 g/mol. The Morgan fingerprint density at radius 2 is 2.21 bits per heavy atom. The molecule has 3 heterocycles. The lowest BCUT2D eigenvalue weighted by atomic mass is 9.46. The maximum Gasteiger partial charge on any atom is 0.191 e. The van der Waals surface area contributed by atoms with Gasteiger partial charge < -0.3 is 20.3 Å². The monoisotopic (exact) mass is 386 g/mol. The van der Waals surface area contributed by atoms with Crippen LogP contribution in [0.25, 0.3) is 0 Å². The van der Waals surface area contributed by atoms with E-state index in [0.29, 0.717) is 29.5 Å². The lowest BCUT2D eigenvalue weighted by Gasteiger charge is -2.63. The molecule has 1 aromatic rings. The molecule has 0 aromatic carbocycles. The molecule has 7 nitrogen and oxygen atoms in total. The van der Waals surface area contributed by atoms with Gasteiger partial charge in [0.2, 0.25) is 0 Å². The largest absolute Gasteiger partial charge is 0.377 e. The molecule has 4 fully saturated rings.